The Hall–Kier alpha value is -1.60. The molecule has 0 spiro atoms. The average molecular weight is 239 g/mol. The summed E-state index contributed by atoms with van der Waals surface area (Å²) in [5.41, 5.74) is 5.40. The number of nitrogens with one attached hydrogen (secondary N) is 1. The van der Waals surface area contributed by atoms with Crippen LogP contribution in [0.4, 0.5) is 0 Å². The molecule has 0 atom stereocenters. The zero-order valence-electron chi connectivity index (χ0n) is 11.2. The molecule has 0 aromatic heterocycles. The van der Waals surface area contributed by atoms with Crippen molar-refractivity contribution in [2.45, 2.75) is 33.4 Å². The summed E-state index contributed by atoms with van der Waals surface area (Å²) in [5.74, 6) is 0. The second kappa shape index (κ2) is 6.36. The predicted molar refractivity (Wildman–Crippen MR) is 77.5 cm³/mol. The van der Waals surface area contributed by atoms with Gasteiger partial charge in [0, 0.05) is 13.1 Å². The van der Waals surface area contributed by atoms with E-state index in [1.807, 2.05) is 0 Å². The second-order valence-corrected chi connectivity index (χ2v) is 4.76. The van der Waals surface area contributed by atoms with Gasteiger partial charge in [0.15, 0.2) is 0 Å². The third kappa shape index (κ3) is 3.71. The van der Waals surface area contributed by atoms with Crippen LogP contribution in [0, 0.1) is 6.92 Å². The van der Waals surface area contributed by atoms with Crippen molar-refractivity contribution >= 4 is 0 Å². The lowest BCUT2D eigenvalue weighted by molar-refractivity contribution is 0.693. The first kappa shape index (κ1) is 12.8. The van der Waals surface area contributed by atoms with E-state index in [4.69, 9.17) is 0 Å². The second-order valence-electron chi connectivity index (χ2n) is 4.76. The summed E-state index contributed by atoms with van der Waals surface area (Å²) in [6, 6.07) is 17.5. The molecule has 18 heavy (non-hydrogen) atoms. The number of aryl methyl sites for hydroxylation is 2. The Morgan fingerprint density at radius 1 is 0.722 bits per heavy atom. The Kier molecular flexibility index (Phi) is 4.54. The fraction of sp³-hybridized carbons (Fsp3) is 0.294. The monoisotopic (exact) mass is 239 g/mol. The number of hydrogen-bond donors (Lipinski definition) is 1. The zero-order valence-corrected chi connectivity index (χ0v) is 11.2. The van der Waals surface area contributed by atoms with Gasteiger partial charge in [-0.2, -0.15) is 0 Å². The molecule has 1 N–H and O–H groups in total. The van der Waals surface area contributed by atoms with Gasteiger partial charge in [-0.15, -0.1) is 0 Å². The molecule has 0 aliphatic heterocycles. The summed E-state index contributed by atoms with van der Waals surface area (Å²) in [6.45, 7) is 6.16. The summed E-state index contributed by atoms with van der Waals surface area (Å²) >= 11 is 0. The van der Waals surface area contributed by atoms with Crippen LogP contribution in [0.3, 0.4) is 0 Å². The highest BCUT2D eigenvalue weighted by Crippen LogP contribution is 2.06. The van der Waals surface area contributed by atoms with Gasteiger partial charge in [-0.05, 0) is 30.0 Å². The zero-order chi connectivity index (χ0) is 12.8. The molecule has 0 bridgehead atoms. The van der Waals surface area contributed by atoms with E-state index in [0.29, 0.717) is 0 Å². The quantitative estimate of drug-likeness (QED) is 0.835. The molecule has 0 unspecified atom stereocenters. The van der Waals surface area contributed by atoms with Crippen LogP contribution in [0.25, 0.3) is 0 Å². The highest BCUT2D eigenvalue weighted by Gasteiger charge is 1.95. The molecule has 0 aliphatic rings. The summed E-state index contributed by atoms with van der Waals surface area (Å²) in [4.78, 5) is 0. The van der Waals surface area contributed by atoms with Crippen molar-refractivity contribution in [2.75, 3.05) is 0 Å². The fourth-order valence-corrected chi connectivity index (χ4v) is 1.95. The summed E-state index contributed by atoms with van der Waals surface area (Å²) in [6.07, 6.45) is 1.11. The van der Waals surface area contributed by atoms with Crippen LogP contribution in [0.5, 0.6) is 0 Å². The van der Waals surface area contributed by atoms with Crippen LogP contribution in [-0.2, 0) is 19.5 Å². The molecule has 0 radical (unpaired) electrons. The van der Waals surface area contributed by atoms with Crippen molar-refractivity contribution in [1.29, 1.82) is 0 Å². The molecule has 1 nitrogen and oxygen atoms in total. The van der Waals surface area contributed by atoms with Crippen molar-refractivity contribution in [3.05, 3.63) is 70.8 Å². The van der Waals surface area contributed by atoms with Crippen LogP contribution >= 0.6 is 0 Å². The van der Waals surface area contributed by atoms with E-state index in [0.717, 1.165) is 19.5 Å². The van der Waals surface area contributed by atoms with Gasteiger partial charge in [0.2, 0.25) is 0 Å². The van der Waals surface area contributed by atoms with Crippen LogP contribution < -0.4 is 5.32 Å². The van der Waals surface area contributed by atoms with Crippen LogP contribution in [0.2, 0.25) is 0 Å². The van der Waals surface area contributed by atoms with E-state index in [1.54, 1.807) is 0 Å². The van der Waals surface area contributed by atoms with Crippen molar-refractivity contribution in [3.63, 3.8) is 0 Å². The Morgan fingerprint density at radius 2 is 1.17 bits per heavy atom. The fourth-order valence-electron chi connectivity index (χ4n) is 1.95. The molecule has 2 aromatic rings. The molecular weight excluding hydrogens is 218 g/mol. The van der Waals surface area contributed by atoms with E-state index in [2.05, 4.69) is 67.7 Å². The van der Waals surface area contributed by atoms with Gasteiger partial charge in [0.05, 0.1) is 0 Å². The summed E-state index contributed by atoms with van der Waals surface area (Å²) in [5, 5.41) is 3.47. The Bertz CT molecular complexity index is 468. The molecule has 1 heteroatoms. The maximum Gasteiger partial charge on any atom is 0.0208 e. The van der Waals surface area contributed by atoms with Crippen LogP contribution in [0.15, 0.2) is 48.5 Å². The molecule has 2 rings (SSSR count). The number of rotatable bonds is 5. The highest BCUT2D eigenvalue weighted by molar-refractivity contribution is 5.23. The SMILES string of the molecule is CCc1ccc(CNCc2ccc(C)cc2)cc1. The van der Waals surface area contributed by atoms with Gasteiger partial charge in [0.25, 0.3) is 0 Å². The average Bonchev–Trinajstić information content (AvgIpc) is 2.42. The maximum absolute atomic E-state index is 3.47. The van der Waals surface area contributed by atoms with Gasteiger partial charge in [-0.3, -0.25) is 0 Å². The standard InChI is InChI=1S/C17H21N/c1-3-15-8-10-17(11-9-15)13-18-12-16-6-4-14(2)5-7-16/h4-11,18H,3,12-13H2,1-2H3. The molecule has 94 valence electrons. The van der Waals surface area contributed by atoms with E-state index >= 15 is 0 Å². The van der Waals surface area contributed by atoms with Gasteiger partial charge in [-0.25, -0.2) is 0 Å². The van der Waals surface area contributed by atoms with Crippen molar-refractivity contribution in [1.82, 2.24) is 5.32 Å². The van der Waals surface area contributed by atoms with Crippen molar-refractivity contribution < 1.29 is 0 Å². The van der Waals surface area contributed by atoms with Crippen LogP contribution in [0.1, 0.15) is 29.2 Å². The van der Waals surface area contributed by atoms with Crippen molar-refractivity contribution in [2.24, 2.45) is 0 Å². The van der Waals surface area contributed by atoms with Gasteiger partial charge in [-0.1, -0.05) is 61.0 Å². The first-order valence-electron chi connectivity index (χ1n) is 6.62. The van der Waals surface area contributed by atoms with E-state index < -0.39 is 0 Å². The molecule has 0 aliphatic carbocycles. The first-order chi connectivity index (χ1) is 8.78. The number of benzene rings is 2. The normalized spacial score (nSPS) is 10.6. The third-order valence-corrected chi connectivity index (χ3v) is 3.21. The minimum Gasteiger partial charge on any atom is -0.309 e. The van der Waals surface area contributed by atoms with E-state index in [9.17, 15) is 0 Å². The third-order valence-electron chi connectivity index (χ3n) is 3.21. The van der Waals surface area contributed by atoms with E-state index in [1.165, 1.54) is 22.3 Å². The molecule has 0 saturated carbocycles. The van der Waals surface area contributed by atoms with Crippen molar-refractivity contribution in [3.8, 4) is 0 Å². The lowest BCUT2D eigenvalue weighted by Crippen LogP contribution is -2.12. The number of hydrogen-bond acceptors (Lipinski definition) is 1. The molecule has 0 saturated heterocycles. The minimum atomic E-state index is 0.926. The summed E-state index contributed by atoms with van der Waals surface area (Å²) in [7, 11) is 0. The predicted octanol–water partition coefficient (Wildman–Crippen LogP) is 3.85. The smallest absolute Gasteiger partial charge is 0.0208 e. The lowest BCUT2D eigenvalue weighted by atomic mass is 10.1. The van der Waals surface area contributed by atoms with Crippen LogP contribution in [-0.4, -0.2) is 0 Å². The molecule has 0 amide bonds. The van der Waals surface area contributed by atoms with Gasteiger partial charge >= 0.3 is 0 Å². The molecular formula is C17H21N. The minimum absolute atomic E-state index is 0.926. The summed E-state index contributed by atoms with van der Waals surface area (Å²) < 4.78 is 0. The molecule has 0 heterocycles. The highest BCUT2D eigenvalue weighted by atomic mass is 14.8. The Balaban J connectivity index is 1.82. The Labute approximate surface area is 110 Å². The largest absolute Gasteiger partial charge is 0.309 e. The van der Waals surface area contributed by atoms with Gasteiger partial charge < -0.3 is 5.32 Å². The van der Waals surface area contributed by atoms with Gasteiger partial charge in [0.1, 0.15) is 0 Å². The lowest BCUT2D eigenvalue weighted by Gasteiger charge is -2.06. The first-order valence-corrected chi connectivity index (χ1v) is 6.62. The Morgan fingerprint density at radius 3 is 1.67 bits per heavy atom. The molecule has 0 fully saturated rings. The molecule has 2 aromatic carbocycles. The van der Waals surface area contributed by atoms with E-state index in [-0.39, 0.29) is 0 Å². The maximum atomic E-state index is 3.47. The topological polar surface area (TPSA) is 12.0 Å².